The fourth-order valence-corrected chi connectivity index (χ4v) is 3.49. The maximum absolute atomic E-state index is 13.2. The van der Waals surface area contributed by atoms with Gasteiger partial charge in [0.2, 0.25) is 0 Å². The average molecular weight is 349 g/mol. The summed E-state index contributed by atoms with van der Waals surface area (Å²) in [6.45, 7) is 2.77. The molecule has 0 N–H and O–H groups in total. The van der Waals surface area contributed by atoms with Crippen molar-refractivity contribution in [2.45, 2.75) is 19.4 Å². The Bertz CT molecular complexity index is 939. The molecule has 0 spiro atoms. The second-order valence-corrected chi connectivity index (χ2v) is 6.26. The van der Waals surface area contributed by atoms with E-state index in [-0.39, 0.29) is 11.9 Å². The first-order valence-electron chi connectivity index (χ1n) is 8.49. The van der Waals surface area contributed by atoms with Crippen molar-refractivity contribution >= 4 is 5.91 Å². The van der Waals surface area contributed by atoms with E-state index in [1.165, 1.54) is 22.1 Å². The summed E-state index contributed by atoms with van der Waals surface area (Å²) in [5.74, 6) is 0.592. The number of hydrogen-bond donors (Lipinski definition) is 0. The minimum absolute atomic E-state index is 0.0102. The summed E-state index contributed by atoms with van der Waals surface area (Å²) >= 11 is 0. The molecule has 26 heavy (non-hydrogen) atoms. The van der Waals surface area contributed by atoms with Crippen LogP contribution in [0.1, 0.15) is 34.5 Å². The highest BCUT2D eigenvalue weighted by Gasteiger charge is 2.28. The largest absolute Gasteiger partial charge is 0.494 e. The lowest BCUT2D eigenvalue weighted by atomic mass is 9.93. The van der Waals surface area contributed by atoms with E-state index in [0.29, 0.717) is 23.5 Å². The summed E-state index contributed by atoms with van der Waals surface area (Å²) < 4.78 is 6.87. The molecule has 0 bridgehead atoms. The predicted molar refractivity (Wildman–Crippen MR) is 95.3 cm³/mol. The van der Waals surface area contributed by atoms with E-state index >= 15 is 0 Å². The molecule has 1 unspecified atom stereocenters. The molecule has 132 valence electrons. The van der Waals surface area contributed by atoms with Crippen molar-refractivity contribution in [3.8, 4) is 11.4 Å². The zero-order valence-corrected chi connectivity index (χ0v) is 14.7. The van der Waals surface area contributed by atoms with Crippen molar-refractivity contribution < 1.29 is 9.53 Å². The highest BCUT2D eigenvalue weighted by molar-refractivity contribution is 5.95. The number of carbonyl (C=O) groups is 1. The summed E-state index contributed by atoms with van der Waals surface area (Å²) in [4.78, 5) is 15.1. The Balaban J connectivity index is 1.68. The van der Waals surface area contributed by atoms with Crippen LogP contribution in [0.2, 0.25) is 0 Å². The highest BCUT2D eigenvalue weighted by atomic mass is 16.5. The van der Waals surface area contributed by atoms with Crippen molar-refractivity contribution in [1.29, 1.82) is 0 Å². The Hall–Kier alpha value is -3.22. The monoisotopic (exact) mass is 349 g/mol. The Morgan fingerprint density at radius 3 is 2.85 bits per heavy atom. The second-order valence-electron chi connectivity index (χ2n) is 6.26. The van der Waals surface area contributed by atoms with Crippen molar-refractivity contribution in [3.05, 3.63) is 65.5 Å². The van der Waals surface area contributed by atoms with Crippen LogP contribution in [0.15, 0.2) is 48.8 Å². The average Bonchev–Trinajstić information content (AvgIpc) is 3.22. The fourth-order valence-electron chi connectivity index (χ4n) is 3.49. The molecule has 0 saturated heterocycles. The van der Waals surface area contributed by atoms with Crippen LogP contribution in [0.3, 0.4) is 0 Å². The summed E-state index contributed by atoms with van der Waals surface area (Å²) in [7, 11) is 1.58. The SMILES string of the molecule is COc1ccc(C(=O)N2CCc3ccccc3C2C)cc1-n1cnnn1. The molecule has 3 aromatic rings. The third-order valence-electron chi connectivity index (χ3n) is 4.88. The Morgan fingerprint density at radius 2 is 2.08 bits per heavy atom. The number of benzene rings is 2. The van der Waals surface area contributed by atoms with Crippen molar-refractivity contribution in [3.63, 3.8) is 0 Å². The summed E-state index contributed by atoms with van der Waals surface area (Å²) in [6.07, 6.45) is 2.34. The van der Waals surface area contributed by atoms with Crippen LogP contribution in [-0.4, -0.2) is 44.7 Å². The number of methoxy groups -OCH3 is 1. The molecular formula is C19H19N5O2. The zero-order valence-electron chi connectivity index (χ0n) is 14.7. The van der Waals surface area contributed by atoms with Crippen LogP contribution in [0, 0.1) is 0 Å². The number of rotatable bonds is 3. The third kappa shape index (κ3) is 2.71. The molecule has 7 heteroatoms. The zero-order chi connectivity index (χ0) is 18.1. The summed E-state index contributed by atoms with van der Waals surface area (Å²) in [6, 6.07) is 13.7. The van der Waals surface area contributed by atoms with Gasteiger partial charge in [0, 0.05) is 12.1 Å². The lowest BCUT2D eigenvalue weighted by molar-refractivity contribution is 0.0677. The van der Waals surface area contributed by atoms with Gasteiger partial charge in [-0.15, -0.1) is 5.10 Å². The van der Waals surface area contributed by atoms with Crippen molar-refractivity contribution in [2.75, 3.05) is 13.7 Å². The molecule has 0 fully saturated rings. The van der Waals surface area contributed by atoms with Crippen LogP contribution in [-0.2, 0) is 6.42 Å². The van der Waals surface area contributed by atoms with Gasteiger partial charge in [-0.3, -0.25) is 4.79 Å². The topological polar surface area (TPSA) is 73.1 Å². The lowest BCUT2D eigenvalue weighted by Gasteiger charge is -2.35. The first kappa shape index (κ1) is 16.3. The molecular weight excluding hydrogens is 330 g/mol. The van der Waals surface area contributed by atoms with Gasteiger partial charge in [-0.1, -0.05) is 24.3 Å². The van der Waals surface area contributed by atoms with Gasteiger partial charge in [-0.05, 0) is 53.1 Å². The predicted octanol–water partition coefficient (Wildman–Crippen LogP) is 2.43. The number of ether oxygens (including phenoxy) is 1. The van der Waals surface area contributed by atoms with E-state index in [4.69, 9.17) is 4.74 Å². The van der Waals surface area contributed by atoms with Gasteiger partial charge in [-0.25, -0.2) is 0 Å². The second kappa shape index (κ2) is 6.59. The number of tetrazole rings is 1. The molecule has 2 heterocycles. The van der Waals surface area contributed by atoms with E-state index in [9.17, 15) is 4.79 Å². The molecule has 1 aliphatic heterocycles. The van der Waals surface area contributed by atoms with E-state index in [1.54, 1.807) is 25.3 Å². The molecule has 0 radical (unpaired) electrons. The summed E-state index contributed by atoms with van der Waals surface area (Å²) in [5, 5.41) is 11.2. The normalized spacial score (nSPS) is 16.2. The Morgan fingerprint density at radius 1 is 1.23 bits per heavy atom. The molecule has 4 rings (SSSR count). The molecule has 1 aliphatic rings. The van der Waals surface area contributed by atoms with Gasteiger partial charge in [0.25, 0.3) is 5.91 Å². The molecule has 1 atom stereocenters. The fraction of sp³-hybridized carbons (Fsp3) is 0.263. The number of amides is 1. The minimum atomic E-state index is -0.0102. The number of aromatic nitrogens is 4. The first-order valence-corrected chi connectivity index (χ1v) is 8.49. The molecule has 2 aromatic carbocycles. The lowest BCUT2D eigenvalue weighted by Crippen LogP contribution is -2.38. The first-order chi connectivity index (χ1) is 12.7. The van der Waals surface area contributed by atoms with Gasteiger partial charge < -0.3 is 9.64 Å². The minimum Gasteiger partial charge on any atom is -0.494 e. The van der Waals surface area contributed by atoms with Gasteiger partial charge in [0.15, 0.2) is 0 Å². The van der Waals surface area contributed by atoms with Crippen LogP contribution >= 0.6 is 0 Å². The van der Waals surface area contributed by atoms with Crippen LogP contribution in [0.4, 0.5) is 0 Å². The standard InChI is InChI=1S/C19H19N5O2/c1-13-16-6-4-3-5-14(16)9-10-23(13)19(25)15-7-8-18(26-2)17(11-15)24-12-20-21-22-24/h3-8,11-13H,9-10H2,1-2H3. The van der Waals surface area contributed by atoms with E-state index in [0.717, 1.165) is 6.42 Å². The number of hydrogen-bond acceptors (Lipinski definition) is 5. The van der Waals surface area contributed by atoms with Gasteiger partial charge >= 0.3 is 0 Å². The van der Waals surface area contributed by atoms with E-state index in [2.05, 4.69) is 34.6 Å². The molecule has 0 saturated carbocycles. The van der Waals surface area contributed by atoms with Crippen LogP contribution in [0.25, 0.3) is 5.69 Å². The van der Waals surface area contributed by atoms with Crippen molar-refractivity contribution in [1.82, 2.24) is 25.1 Å². The Kier molecular flexibility index (Phi) is 4.12. The number of fused-ring (bicyclic) bond motifs is 1. The number of carbonyl (C=O) groups excluding carboxylic acids is 1. The van der Waals surface area contributed by atoms with E-state index < -0.39 is 0 Å². The quantitative estimate of drug-likeness (QED) is 0.726. The van der Waals surface area contributed by atoms with Gasteiger partial charge in [-0.2, -0.15) is 4.68 Å². The van der Waals surface area contributed by atoms with Gasteiger partial charge in [0.05, 0.1) is 13.2 Å². The Labute approximate surface area is 151 Å². The molecule has 1 aromatic heterocycles. The molecule has 7 nitrogen and oxygen atoms in total. The third-order valence-corrected chi connectivity index (χ3v) is 4.88. The van der Waals surface area contributed by atoms with Gasteiger partial charge in [0.1, 0.15) is 17.8 Å². The maximum Gasteiger partial charge on any atom is 0.254 e. The van der Waals surface area contributed by atoms with Crippen molar-refractivity contribution in [2.24, 2.45) is 0 Å². The maximum atomic E-state index is 13.2. The van der Waals surface area contributed by atoms with Crippen LogP contribution in [0.5, 0.6) is 5.75 Å². The number of nitrogens with zero attached hydrogens (tertiary/aromatic N) is 5. The molecule has 0 aliphatic carbocycles. The highest BCUT2D eigenvalue weighted by Crippen LogP contribution is 2.31. The summed E-state index contributed by atoms with van der Waals surface area (Å²) in [5.41, 5.74) is 3.74. The molecule has 1 amide bonds. The van der Waals surface area contributed by atoms with E-state index in [1.807, 2.05) is 17.0 Å². The van der Waals surface area contributed by atoms with Crippen LogP contribution < -0.4 is 4.74 Å². The smallest absolute Gasteiger partial charge is 0.254 e.